The van der Waals surface area contributed by atoms with Crippen molar-refractivity contribution in [3.8, 4) is 5.75 Å². The van der Waals surface area contributed by atoms with Crippen LogP contribution in [-0.4, -0.2) is 18.6 Å². The summed E-state index contributed by atoms with van der Waals surface area (Å²) in [6.07, 6.45) is 1.70. The van der Waals surface area contributed by atoms with Gasteiger partial charge in [0.1, 0.15) is 11.6 Å². The van der Waals surface area contributed by atoms with Gasteiger partial charge in [0.25, 0.3) is 0 Å². The number of benzene rings is 1. The number of nitrogens with two attached hydrogens (primary N) is 1. The van der Waals surface area contributed by atoms with Crippen LogP contribution >= 0.6 is 0 Å². The number of para-hydroxylation sites is 1. The van der Waals surface area contributed by atoms with Gasteiger partial charge in [0.2, 0.25) is 0 Å². The molecule has 0 bridgehead atoms. The molecule has 0 saturated carbocycles. The van der Waals surface area contributed by atoms with Gasteiger partial charge in [0.15, 0.2) is 0 Å². The van der Waals surface area contributed by atoms with Crippen LogP contribution in [0.1, 0.15) is 24.1 Å². The Morgan fingerprint density at radius 1 is 1.21 bits per heavy atom. The summed E-state index contributed by atoms with van der Waals surface area (Å²) in [4.78, 5) is 4.16. The molecule has 3 N–H and O–H groups in total. The highest BCUT2D eigenvalue weighted by molar-refractivity contribution is 5.49. The van der Waals surface area contributed by atoms with Crippen LogP contribution in [-0.2, 0) is 0 Å². The maximum Gasteiger partial charge on any atom is 0.128 e. The van der Waals surface area contributed by atoms with Gasteiger partial charge >= 0.3 is 0 Å². The molecule has 0 fully saturated rings. The Balaban J connectivity index is 2.49. The van der Waals surface area contributed by atoms with Crippen LogP contribution in [0.2, 0.25) is 0 Å². The van der Waals surface area contributed by atoms with Crippen LogP contribution in [0.3, 0.4) is 0 Å². The number of nitrogens with one attached hydrogen (secondary N) is 1. The maximum absolute atomic E-state index is 5.99. The Hall–Kier alpha value is -2.07. The normalized spacial score (nSPS) is 12.1. The van der Waals surface area contributed by atoms with E-state index in [1.165, 1.54) is 0 Å². The fourth-order valence-electron chi connectivity index (χ4n) is 2.17. The summed E-state index contributed by atoms with van der Waals surface area (Å²) in [6.45, 7) is 2.89. The molecule has 100 valence electrons. The lowest BCUT2D eigenvalue weighted by atomic mass is 9.98. The Labute approximate surface area is 113 Å². The van der Waals surface area contributed by atoms with E-state index in [1.807, 2.05) is 36.4 Å². The van der Waals surface area contributed by atoms with Crippen LogP contribution in [0, 0.1) is 0 Å². The molecule has 0 radical (unpaired) electrons. The van der Waals surface area contributed by atoms with E-state index in [0.717, 1.165) is 23.4 Å². The highest BCUT2D eigenvalue weighted by Gasteiger charge is 2.19. The van der Waals surface area contributed by atoms with E-state index >= 15 is 0 Å². The lowest BCUT2D eigenvalue weighted by Gasteiger charge is -2.22. The van der Waals surface area contributed by atoms with Crippen molar-refractivity contribution in [2.24, 2.45) is 0 Å². The topological polar surface area (TPSA) is 60.2 Å². The summed E-state index contributed by atoms with van der Waals surface area (Å²) >= 11 is 0. The van der Waals surface area contributed by atoms with E-state index in [4.69, 9.17) is 10.5 Å². The molecule has 19 heavy (non-hydrogen) atoms. The summed E-state index contributed by atoms with van der Waals surface area (Å²) < 4.78 is 5.43. The van der Waals surface area contributed by atoms with Gasteiger partial charge in [-0.1, -0.05) is 31.2 Å². The van der Waals surface area contributed by atoms with Crippen LogP contribution in [0.15, 0.2) is 42.6 Å². The fraction of sp³-hybridized carbons (Fsp3) is 0.267. The Morgan fingerprint density at radius 2 is 1.95 bits per heavy atom. The molecule has 1 heterocycles. The lowest BCUT2D eigenvalue weighted by Crippen LogP contribution is -2.23. The number of hydrogen-bond donors (Lipinski definition) is 2. The van der Waals surface area contributed by atoms with Crippen LogP contribution in [0.5, 0.6) is 5.75 Å². The second-order valence-corrected chi connectivity index (χ2v) is 4.21. The van der Waals surface area contributed by atoms with E-state index in [2.05, 4.69) is 17.2 Å². The molecule has 2 rings (SSSR count). The van der Waals surface area contributed by atoms with Gasteiger partial charge in [-0.2, -0.15) is 0 Å². The summed E-state index contributed by atoms with van der Waals surface area (Å²) in [5.41, 5.74) is 8.02. The second kappa shape index (κ2) is 6.20. The van der Waals surface area contributed by atoms with Gasteiger partial charge < -0.3 is 15.8 Å². The second-order valence-electron chi connectivity index (χ2n) is 4.21. The number of nitrogen functional groups attached to an aromatic ring is 1. The van der Waals surface area contributed by atoms with Crippen molar-refractivity contribution >= 4 is 5.82 Å². The first kappa shape index (κ1) is 13.4. The molecule has 2 aromatic rings. The number of ether oxygens (including phenoxy) is 1. The average Bonchev–Trinajstić information content (AvgIpc) is 2.46. The molecule has 0 aliphatic rings. The first-order valence-corrected chi connectivity index (χ1v) is 6.34. The average molecular weight is 257 g/mol. The number of nitrogens with zero attached hydrogens (tertiary/aromatic N) is 1. The molecule has 4 nitrogen and oxygen atoms in total. The fourth-order valence-corrected chi connectivity index (χ4v) is 2.17. The molecule has 0 aliphatic heterocycles. The molecule has 0 amide bonds. The van der Waals surface area contributed by atoms with E-state index < -0.39 is 0 Å². The monoisotopic (exact) mass is 257 g/mol. The minimum atomic E-state index is -0.0187. The quantitative estimate of drug-likeness (QED) is 0.863. The standard InChI is InChI=1S/C15H19N3O/c1-3-17-14(12-8-6-10-18-15(12)16)11-7-4-5-9-13(11)19-2/h4-10,14,17H,3H2,1-2H3,(H2,16,18). The molecule has 1 unspecified atom stereocenters. The maximum atomic E-state index is 5.99. The van der Waals surface area contributed by atoms with Crippen molar-refractivity contribution in [2.45, 2.75) is 13.0 Å². The molecule has 0 spiro atoms. The summed E-state index contributed by atoms with van der Waals surface area (Å²) in [7, 11) is 1.68. The van der Waals surface area contributed by atoms with Crippen LogP contribution in [0.25, 0.3) is 0 Å². The lowest BCUT2D eigenvalue weighted by molar-refractivity contribution is 0.404. The van der Waals surface area contributed by atoms with Gasteiger partial charge in [-0.05, 0) is 18.7 Å². The minimum absolute atomic E-state index is 0.0187. The largest absolute Gasteiger partial charge is 0.496 e. The number of anilines is 1. The van der Waals surface area contributed by atoms with Crippen LogP contribution < -0.4 is 15.8 Å². The minimum Gasteiger partial charge on any atom is -0.496 e. The highest BCUT2D eigenvalue weighted by atomic mass is 16.5. The Bertz CT molecular complexity index is 542. The molecule has 1 aromatic carbocycles. The Kier molecular flexibility index (Phi) is 4.36. The molecule has 1 atom stereocenters. The predicted octanol–water partition coefficient (Wildman–Crippen LogP) is 2.37. The molecular formula is C15H19N3O. The zero-order chi connectivity index (χ0) is 13.7. The molecular weight excluding hydrogens is 238 g/mol. The summed E-state index contributed by atoms with van der Waals surface area (Å²) in [5, 5.41) is 3.43. The van der Waals surface area contributed by atoms with E-state index in [0.29, 0.717) is 5.82 Å². The van der Waals surface area contributed by atoms with E-state index in [9.17, 15) is 0 Å². The van der Waals surface area contributed by atoms with Gasteiger partial charge in [-0.15, -0.1) is 0 Å². The zero-order valence-corrected chi connectivity index (χ0v) is 11.3. The summed E-state index contributed by atoms with van der Waals surface area (Å²) in [5.74, 6) is 1.39. The first-order chi connectivity index (χ1) is 9.27. The third kappa shape index (κ3) is 2.85. The zero-order valence-electron chi connectivity index (χ0n) is 11.3. The number of aromatic nitrogens is 1. The summed E-state index contributed by atoms with van der Waals surface area (Å²) in [6, 6.07) is 11.8. The molecule has 1 aromatic heterocycles. The van der Waals surface area contributed by atoms with Crippen molar-refractivity contribution in [2.75, 3.05) is 19.4 Å². The molecule has 0 aliphatic carbocycles. The molecule has 4 heteroatoms. The SMILES string of the molecule is CCNC(c1ccccc1OC)c1cccnc1N. The van der Waals surface area contributed by atoms with Crippen molar-refractivity contribution in [3.05, 3.63) is 53.7 Å². The third-order valence-electron chi connectivity index (χ3n) is 3.04. The predicted molar refractivity (Wildman–Crippen MR) is 77.2 cm³/mol. The van der Waals surface area contributed by atoms with E-state index in [-0.39, 0.29) is 6.04 Å². The van der Waals surface area contributed by atoms with Gasteiger partial charge in [-0.25, -0.2) is 4.98 Å². The van der Waals surface area contributed by atoms with E-state index in [1.54, 1.807) is 13.3 Å². The van der Waals surface area contributed by atoms with Crippen molar-refractivity contribution < 1.29 is 4.74 Å². The van der Waals surface area contributed by atoms with Gasteiger partial charge in [0, 0.05) is 17.3 Å². The number of rotatable bonds is 5. The number of methoxy groups -OCH3 is 1. The Morgan fingerprint density at radius 3 is 2.63 bits per heavy atom. The van der Waals surface area contributed by atoms with Crippen LogP contribution in [0.4, 0.5) is 5.82 Å². The highest BCUT2D eigenvalue weighted by Crippen LogP contribution is 2.31. The third-order valence-corrected chi connectivity index (χ3v) is 3.04. The van der Waals surface area contributed by atoms with Crippen molar-refractivity contribution in [1.82, 2.24) is 10.3 Å². The van der Waals surface area contributed by atoms with Crippen molar-refractivity contribution in [3.63, 3.8) is 0 Å². The van der Waals surface area contributed by atoms with Gasteiger partial charge in [0.05, 0.1) is 13.2 Å². The number of hydrogen-bond acceptors (Lipinski definition) is 4. The number of pyridine rings is 1. The van der Waals surface area contributed by atoms with Crippen molar-refractivity contribution in [1.29, 1.82) is 0 Å². The van der Waals surface area contributed by atoms with Gasteiger partial charge in [-0.3, -0.25) is 0 Å². The smallest absolute Gasteiger partial charge is 0.128 e. The first-order valence-electron chi connectivity index (χ1n) is 6.34. The molecule has 0 saturated heterocycles.